The van der Waals surface area contributed by atoms with Gasteiger partial charge in [0.25, 0.3) is 0 Å². The Morgan fingerprint density at radius 2 is 2.05 bits per heavy atom. The molecule has 0 aliphatic carbocycles. The van der Waals surface area contributed by atoms with Gasteiger partial charge in [0.2, 0.25) is 0 Å². The van der Waals surface area contributed by atoms with Gasteiger partial charge in [-0.05, 0) is 62.2 Å². The van der Waals surface area contributed by atoms with Gasteiger partial charge in [-0.2, -0.15) is 0 Å². The number of hydrogen-bond donors (Lipinski definition) is 1. The molecule has 1 aliphatic rings. The molecule has 1 aromatic rings. The van der Waals surface area contributed by atoms with E-state index in [1.807, 2.05) is 24.3 Å². The highest BCUT2D eigenvalue weighted by molar-refractivity contribution is 7.80. The number of ketones is 1. The van der Waals surface area contributed by atoms with Gasteiger partial charge in [-0.3, -0.25) is 4.79 Å². The molecule has 0 saturated carbocycles. The molecular weight excluding hydrogens is 256 g/mol. The summed E-state index contributed by atoms with van der Waals surface area (Å²) in [5.41, 5.74) is 1.66. The van der Waals surface area contributed by atoms with Gasteiger partial charge in [0, 0.05) is 24.3 Å². The predicted octanol–water partition coefficient (Wildman–Crippen LogP) is 3.32. The van der Waals surface area contributed by atoms with E-state index in [1.165, 1.54) is 12.8 Å². The van der Waals surface area contributed by atoms with Crippen LogP contribution in [0.5, 0.6) is 0 Å². The first-order valence-electron chi connectivity index (χ1n) is 6.73. The summed E-state index contributed by atoms with van der Waals surface area (Å²) in [6.45, 7) is 5.89. The number of likely N-dealkylation sites (tertiary alicyclic amines) is 1. The van der Waals surface area contributed by atoms with E-state index in [-0.39, 0.29) is 5.78 Å². The van der Waals surface area contributed by atoms with Crippen molar-refractivity contribution in [2.24, 2.45) is 5.92 Å². The number of anilines is 1. The first kappa shape index (κ1) is 14.0. The van der Waals surface area contributed by atoms with Crippen LogP contribution in [0.4, 0.5) is 5.69 Å². The van der Waals surface area contributed by atoms with Crippen LogP contribution in [-0.4, -0.2) is 28.9 Å². The molecule has 0 radical (unpaired) electrons. The van der Waals surface area contributed by atoms with Crippen molar-refractivity contribution >= 4 is 28.8 Å². The van der Waals surface area contributed by atoms with E-state index in [0.29, 0.717) is 5.92 Å². The van der Waals surface area contributed by atoms with Crippen molar-refractivity contribution in [1.82, 2.24) is 4.90 Å². The zero-order valence-corrected chi connectivity index (χ0v) is 12.3. The second-order valence-electron chi connectivity index (χ2n) is 5.26. The van der Waals surface area contributed by atoms with Gasteiger partial charge in [-0.25, -0.2) is 0 Å². The van der Waals surface area contributed by atoms with Crippen molar-refractivity contribution in [3.05, 3.63) is 29.8 Å². The molecule has 0 amide bonds. The normalized spacial score (nSPS) is 19.1. The number of Topliss-reactive ketones (excluding diaryl/α,β-unsaturated/α-hetero) is 1. The molecule has 0 aromatic heterocycles. The maximum atomic E-state index is 11.2. The highest BCUT2D eigenvalue weighted by atomic mass is 32.1. The van der Waals surface area contributed by atoms with Crippen LogP contribution in [0.15, 0.2) is 24.3 Å². The summed E-state index contributed by atoms with van der Waals surface area (Å²) in [4.78, 5) is 13.4. The number of thiocarbonyl (C=S) groups is 1. The first-order chi connectivity index (χ1) is 9.06. The van der Waals surface area contributed by atoms with Crippen LogP contribution in [0.3, 0.4) is 0 Å². The summed E-state index contributed by atoms with van der Waals surface area (Å²) < 4.78 is 0. The van der Waals surface area contributed by atoms with Crippen molar-refractivity contribution in [3.63, 3.8) is 0 Å². The fraction of sp³-hybridized carbons (Fsp3) is 0.467. The molecule has 1 fully saturated rings. The van der Waals surface area contributed by atoms with Crippen LogP contribution in [0.25, 0.3) is 0 Å². The van der Waals surface area contributed by atoms with Gasteiger partial charge in [-0.15, -0.1) is 0 Å². The van der Waals surface area contributed by atoms with Gasteiger partial charge in [0.05, 0.1) is 0 Å². The molecule has 3 nitrogen and oxygen atoms in total. The minimum Gasteiger partial charge on any atom is -0.349 e. The molecule has 102 valence electrons. The minimum atomic E-state index is 0.0824. The van der Waals surface area contributed by atoms with E-state index < -0.39 is 0 Å². The molecule has 19 heavy (non-hydrogen) atoms. The van der Waals surface area contributed by atoms with Crippen LogP contribution in [0, 0.1) is 5.92 Å². The second kappa shape index (κ2) is 6.15. The van der Waals surface area contributed by atoms with Gasteiger partial charge in [-0.1, -0.05) is 6.92 Å². The average molecular weight is 276 g/mol. The van der Waals surface area contributed by atoms with E-state index in [4.69, 9.17) is 12.2 Å². The van der Waals surface area contributed by atoms with Crippen molar-refractivity contribution in [2.75, 3.05) is 18.4 Å². The highest BCUT2D eigenvalue weighted by Gasteiger charge is 2.18. The lowest BCUT2D eigenvalue weighted by Gasteiger charge is -2.33. The molecule has 4 heteroatoms. The van der Waals surface area contributed by atoms with Gasteiger partial charge in [0.1, 0.15) is 0 Å². The van der Waals surface area contributed by atoms with Crippen molar-refractivity contribution in [1.29, 1.82) is 0 Å². The molecular formula is C15H20N2OS. The second-order valence-corrected chi connectivity index (χ2v) is 5.64. The van der Waals surface area contributed by atoms with Crippen molar-refractivity contribution < 1.29 is 4.79 Å². The zero-order chi connectivity index (χ0) is 13.8. The summed E-state index contributed by atoms with van der Waals surface area (Å²) in [5.74, 6) is 0.785. The molecule has 1 aliphatic heterocycles. The Balaban J connectivity index is 1.96. The first-order valence-corrected chi connectivity index (χ1v) is 7.14. The Morgan fingerprint density at radius 3 is 2.63 bits per heavy atom. The molecule has 0 spiro atoms. The summed E-state index contributed by atoms with van der Waals surface area (Å²) in [7, 11) is 0. The maximum absolute atomic E-state index is 11.2. The van der Waals surface area contributed by atoms with Crippen LogP contribution in [0.2, 0.25) is 0 Å². The molecule has 1 aromatic carbocycles. The Labute approximate surface area is 120 Å². The lowest BCUT2D eigenvalue weighted by Crippen LogP contribution is -2.41. The molecule has 0 bridgehead atoms. The Morgan fingerprint density at radius 1 is 1.37 bits per heavy atom. The van der Waals surface area contributed by atoms with E-state index in [1.54, 1.807) is 6.92 Å². The van der Waals surface area contributed by atoms with E-state index >= 15 is 0 Å². The average Bonchev–Trinajstić information content (AvgIpc) is 2.39. The third kappa shape index (κ3) is 3.77. The quantitative estimate of drug-likeness (QED) is 0.663. The third-order valence-corrected chi connectivity index (χ3v) is 3.85. The standard InChI is InChI=1S/C15H20N2OS/c1-11-4-3-9-17(10-11)15(19)16-14-7-5-13(6-8-14)12(2)18/h5-8,11H,3-4,9-10H2,1-2H3,(H,16,19). The monoisotopic (exact) mass is 276 g/mol. The highest BCUT2D eigenvalue weighted by Crippen LogP contribution is 2.17. The number of hydrogen-bond acceptors (Lipinski definition) is 2. The number of nitrogens with zero attached hydrogens (tertiary/aromatic N) is 1. The van der Waals surface area contributed by atoms with Crippen molar-refractivity contribution in [2.45, 2.75) is 26.7 Å². The summed E-state index contributed by atoms with van der Waals surface area (Å²) in [5, 5.41) is 4.02. The fourth-order valence-electron chi connectivity index (χ4n) is 2.36. The Bertz CT molecular complexity index is 470. The van der Waals surface area contributed by atoms with E-state index in [2.05, 4.69) is 17.1 Å². The number of rotatable bonds is 2. The Kier molecular flexibility index (Phi) is 4.53. The van der Waals surface area contributed by atoms with Crippen LogP contribution < -0.4 is 5.32 Å². The molecule has 1 heterocycles. The number of benzene rings is 1. The number of carbonyl (C=O) groups excluding carboxylic acids is 1. The lowest BCUT2D eigenvalue weighted by atomic mass is 10.0. The minimum absolute atomic E-state index is 0.0824. The molecule has 1 atom stereocenters. The molecule has 2 rings (SSSR count). The predicted molar refractivity (Wildman–Crippen MR) is 82.6 cm³/mol. The lowest BCUT2D eigenvalue weighted by molar-refractivity contribution is 0.101. The summed E-state index contributed by atoms with van der Waals surface area (Å²) in [6.07, 6.45) is 2.48. The topological polar surface area (TPSA) is 32.3 Å². The van der Waals surface area contributed by atoms with Crippen molar-refractivity contribution in [3.8, 4) is 0 Å². The molecule has 1 unspecified atom stereocenters. The maximum Gasteiger partial charge on any atom is 0.173 e. The smallest absolute Gasteiger partial charge is 0.173 e. The van der Waals surface area contributed by atoms with Gasteiger partial charge >= 0.3 is 0 Å². The Hall–Kier alpha value is -1.42. The van der Waals surface area contributed by atoms with Gasteiger partial charge < -0.3 is 10.2 Å². The SMILES string of the molecule is CC(=O)c1ccc(NC(=S)N2CCCC(C)C2)cc1. The van der Waals surface area contributed by atoms with E-state index in [0.717, 1.165) is 29.5 Å². The van der Waals surface area contributed by atoms with E-state index in [9.17, 15) is 4.79 Å². The largest absolute Gasteiger partial charge is 0.349 e. The third-order valence-electron chi connectivity index (χ3n) is 3.49. The van der Waals surface area contributed by atoms with Gasteiger partial charge in [0.15, 0.2) is 10.9 Å². The van der Waals surface area contributed by atoms with Crippen LogP contribution in [0.1, 0.15) is 37.0 Å². The molecule has 1 N–H and O–H groups in total. The summed E-state index contributed by atoms with van der Waals surface area (Å²) in [6, 6.07) is 7.45. The summed E-state index contributed by atoms with van der Waals surface area (Å²) >= 11 is 5.44. The number of nitrogens with one attached hydrogen (secondary N) is 1. The number of carbonyl (C=O) groups is 1. The molecule has 1 saturated heterocycles. The van der Waals surface area contributed by atoms with Crippen LogP contribution in [-0.2, 0) is 0 Å². The fourth-order valence-corrected chi connectivity index (χ4v) is 2.65. The van der Waals surface area contributed by atoms with Crippen LogP contribution >= 0.6 is 12.2 Å². The zero-order valence-electron chi connectivity index (χ0n) is 11.5. The number of piperidine rings is 1.